The summed E-state index contributed by atoms with van der Waals surface area (Å²) in [4.78, 5) is 44.3. The number of ether oxygens (including phenoxy) is 2. The lowest BCUT2D eigenvalue weighted by molar-refractivity contribution is -0.145. The van der Waals surface area contributed by atoms with Gasteiger partial charge in [-0.1, -0.05) is 59.9 Å². The molecule has 1 N–H and O–H groups in total. The summed E-state index contributed by atoms with van der Waals surface area (Å²) in [7, 11) is 0. The number of para-hydroxylation sites is 2. The second-order valence-electron chi connectivity index (χ2n) is 9.09. The highest BCUT2D eigenvalue weighted by molar-refractivity contribution is 7.07. The third kappa shape index (κ3) is 6.02. The topological polar surface area (TPSA) is 99.0 Å². The van der Waals surface area contributed by atoms with Crippen LogP contribution >= 0.6 is 11.3 Å². The van der Waals surface area contributed by atoms with Crippen LogP contribution in [0.4, 0.5) is 10.1 Å². The fraction of sp³-hybridized carbons (Fsp3) is 0.161. The standard InChI is InChI=1S/C31H26FN3O5S/c1-3-39-26(36)18-40-24-12-8-7-9-21(24)17-25-30(38)35-28(20-13-15-22(32)16-14-20)27(19(2)33-31(35)41-25)29(37)34-23-10-5-4-6-11-23/h4-17,28H,3,18H2,1-2H3,(H,34,37)/b25-17+/t28-/m1/s1. The monoisotopic (exact) mass is 571 g/mol. The number of nitrogens with one attached hydrogen (secondary N) is 1. The van der Waals surface area contributed by atoms with Crippen molar-refractivity contribution in [2.45, 2.75) is 19.9 Å². The Hall–Kier alpha value is -4.83. The molecule has 4 aromatic rings. The van der Waals surface area contributed by atoms with E-state index in [-0.39, 0.29) is 24.3 Å². The number of rotatable bonds is 8. The number of aromatic nitrogens is 1. The smallest absolute Gasteiger partial charge is 0.344 e. The van der Waals surface area contributed by atoms with Crippen molar-refractivity contribution in [1.82, 2.24) is 4.57 Å². The van der Waals surface area contributed by atoms with E-state index in [1.807, 2.05) is 6.07 Å². The largest absolute Gasteiger partial charge is 0.481 e. The van der Waals surface area contributed by atoms with Crippen molar-refractivity contribution in [3.63, 3.8) is 0 Å². The Labute approximate surface area is 238 Å². The SMILES string of the molecule is CCOC(=O)COc1ccccc1/C=c1/sc2n(c1=O)[C@H](c1ccc(F)cc1)C(C(=O)Nc1ccccc1)=C(C)N=2. The van der Waals surface area contributed by atoms with E-state index in [0.717, 1.165) is 11.3 Å². The molecule has 1 aliphatic heterocycles. The van der Waals surface area contributed by atoms with E-state index in [0.29, 0.717) is 37.6 Å². The molecule has 0 bridgehead atoms. The van der Waals surface area contributed by atoms with Crippen LogP contribution in [0.3, 0.4) is 0 Å². The molecule has 0 fully saturated rings. The maximum absolute atomic E-state index is 13.9. The molecule has 0 aliphatic carbocycles. The zero-order valence-electron chi connectivity index (χ0n) is 22.3. The van der Waals surface area contributed by atoms with Crippen LogP contribution in [0.1, 0.15) is 31.0 Å². The maximum atomic E-state index is 13.9. The average molecular weight is 572 g/mol. The summed E-state index contributed by atoms with van der Waals surface area (Å²) in [6.07, 6.45) is 1.66. The number of allylic oxidation sites excluding steroid dienone is 1. The quantitative estimate of drug-likeness (QED) is 0.323. The van der Waals surface area contributed by atoms with E-state index in [1.54, 1.807) is 80.6 Å². The highest BCUT2D eigenvalue weighted by Crippen LogP contribution is 2.31. The lowest BCUT2D eigenvalue weighted by Crippen LogP contribution is -2.40. The van der Waals surface area contributed by atoms with Gasteiger partial charge in [-0.2, -0.15) is 0 Å². The molecule has 5 rings (SSSR count). The molecule has 3 aromatic carbocycles. The number of hydrogen-bond acceptors (Lipinski definition) is 7. The lowest BCUT2D eigenvalue weighted by Gasteiger charge is -2.25. The molecular formula is C31H26FN3O5S. The van der Waals surface area contributed by atoms with Crippen LogP contribution in [0.25, 0.3) is 6.08 Å². The Morgan fingerprint density at radius 3 is 2.49 bits per heavy atom. The molecule has 0 saturated carbocycles. The number of benzene rings is 3. The van der Waals surface area contributed by atoms with E-state index in [2.05, 4.69) is 10.3 Å². The van der Waals surface area contributed by atoms with Crippen LogP contribution in [-0.4, -0.2) is 29.7 Å². The minimum atomic E-state index is -0.840. The summed E-state index contributed by atoms with van der Waals surface area (Å²) in [5.41, 5.74) is 2.08. The number of carbonyl (C=O) groups excluding carboxylic acids is 2. The van der Waals surface area contributed by atoms with Gasteiger partial charge >= 0.3 is 5.97 Å². The predicted molar refractivity (Wildman–Crippen MR) is 154 cm³/mol. The summed E-state index contributed by atoms with van der Waals surface area (Å²) in [5, 5.41) is 2.88. The molecule has 1 atom stereocenters. The number of hydrogen-bond donors (Lipinski definition) is 1. The number of carbonyl (C=O) groups is 2. The van der Waals surface area contributed by atoms with Gasteiger partial charge in [-0.15, -0.1) is 0 Å². The molecule has 1 aromatic heterocycles. The second-order valence-corrected chi connectivity index (χ2v) is 10.1. The van der Waals surface area contributed by atoms with Crippen LogP contribution in [0, 0.1) is 5.82 Å². The number of nitrogens with zero attached hydrogens (tertiary/aromatic N) is 2. The average Bonchev–Trinajstić information content (AvgIpc) is 3.27. The number of halogens is 1. The van der Waals surface area contributed by atoms with Crippen molar-refractivity contribution >= 4 is 35.0 Å². The number of thiazole rings is 1. The van der Waals surface area contributed by atoms with Crippen LogP contribution < -0.4 is 24.9 Å². The van der Waals surface area contributed by atoms with Crippen LogP contribution in [-0.2, 0) is 14.3 Å². The van der Waals surface area contributed by atoms with Gasteiger partial charge < -0.3 is 14.8 Å². The Balaban J connectivity index is 1.60. The van der Waals surface area contributed by atoms with Gasteiger partial charge in [0, 0.05) is 11.3 Å². The van der Waals surface area contributed by atoms with Crippen LogP contribution in [0.5, 0.6) is 5.75 Å². The molecule has 0 unspecified atom stereocenters. The first-order chi connectivity index (χ1) is 19.9. The van der Waals surface area contributed by atoms with Crippen molar-refractivity contribution in [1.29, 1.82) is 0 Å². The summed E-state index contributed by atoms with van der Waals surface area (Å²) in [6.45, 7) is 3.39. The van der Waals surface area contributed by atoms with E-state index in [1.165, 1.54) is 16.7 Å². The van der Waals surface area contributed by atoms with Gasteiger partial charge in [0.25, 0.3) is 11.5 Å². The third-order valence-corrected chi connectivity index (χ3v) is 7.32. The third-order valence-electron chi connectivity index (χ3n) is 6.34. The fourth-order valence-electron chi connectivity index (χ4n) is 4.50. The zero-order chi connectivity index (χ0) is 28.9. The number of anilines is 1. The maximum Gasteiger partial charge on any atom is 0.344 e. The van der Waals surface area contributed by atoms with Crippen LogP contribution in [0.15, 0.2) is 99.9 Å². The second kappa shape index (κ2) is 12.1. The van der Waals surface area contributed by atoms with Crippen LogP contribution in [0.2, 0.25) is 0 Å². The Morgan fingerprint density at radius 2 is 1.76 bits per heavy atom. The predicted octanol–water partition coefficient (Wildman–Crippen LogP) is 3.95. The van der Waals surface area contributed by atoms with Gasteiger partial charge in [-0.05, 0) is 55.8 Å². The van der Waals surface area contributed by atoms with Gasteiger partial charge in [0.05, 0.1) is 28.5 Å². The molecule has 1 aliphatic rings. The number of fused-ring (bicyclic) bond motifs is 1. The molecule has 8 nitrogen and oxygen atoms in total. The summed E-state index contributed by atoms with van der Waals surface area (Å²) in [5.74, 6) is -0.950. The minimum Gasteiger partial charge on any atom is -0.481 e. The Morgan fingerprint density at radius 1 is 1.05 bits per heavy atom. The van der Waals surface area contributed by atoms with E-state index in [9.17, 15) is 18.8 Å². The molecule has 0 radical (unpaired) electrons. The summed E-state index contributed by atoms with van der Waals surface area (Å²) >= 11 is 1.16. The minimum absolute atomic E-state index is 0.241. The number of esters is 1. The first-order valence-electron chi connectivity index (χ1n) is 12.9. The lowest BCUT2D eigenvalue weighted by atomic mass is 9.95. The molecule has 208 valence electrons. The summed E-state index contributed by atoms with van der Waals surface area (Å²) < 4.78 is 26.3. The van der Waals surface area contributed by atoms with Gasteiger partial charge in [-0.3, -0.25) is 14.2 Å². The van der Waals surface area contributed by atoms with Crippen molar-refractivity contribution in [3.8, 4) is 5.75 Å². The molecule has 2 heterocycles. The molecule has 1 amide bonds. The van der Waals surface area contributed by atoms with Crippen molar-refractivity contribution < 1.29 is 23.5 Å². The van der Waals surface area contributed by atoms with Gasteiger partial charge in [-0.25, -0.2) is 14.2 Å². The van der Waals surface area contributed by atoms with Crippen molar-refractivity contribution in [3.05, 3.63) is 127 Å². The normalized spacial score (nSPS) is 14.7. The van der Waals surface area contributed by atoms with E-state index >= 15 is 0 Å². The summed E-state index contributed by atoms with van der Waals surface area (Å²) in [6, 6.07) is 20.8. The van der Waals surface area contributed by atoms with E-state index in [4.69, 9.17) is 9.47 Å². The highest BCUT2D eigenvalue weighted by atomic mass is 32.1. The van der Waals surface area contributed by atoms with E-state index < -0.39 is 23.7 Å². The molecular weight excluding hydrogens is 545 g/mol. The molecule has 41 heavy (non-hydrogen) atoms. The highest BCUT2D eigenvalue weighted by Gasteiger charge is 2.32. The first-order valence-corrected chi connectivity index (χ1v) is 13.7. The van der Waals surface area contributed by atoms with Crippen molar-refractivity contribution in [2.75, 3.05) is 18.5 Å². The molecule has 0 spiro atoms. The van der Waals surface area contributed by atoms with Crippen molar-refractivity contribution in [2.24, 2.45) is 4.99 Å². The number of amides is 1. The van der Waals surface area contributed by atoms with Gasteiger partial charge in [0.15, 0.2) is 11.4 Å². The first kappa shape index (κ1) is 27.7. The molecule has 10 heteroatoms. The zero-order valence-corrected chi connectivity index (χ0v) is 23.1. The van der Waals surface area contributed by atoms with Gasteiger partial charge in [0.1, 0.15) is 11.6 Å². The molecule has 0 saturated heterocycles. The Kier molecular flexibility index (Phi) is 8.21. The fourth-order valence-corrected chi connectivity index (χ4v) is 5.54. The van der Waals surface area contributed by atoms with Gasteiger partial charge in [0.2, 0.25) is 0 Å². The Bertz CT molecular complexity index is 1810.